The van der Waals surface area contributed by atoms with Gasteiger partial charge in [0, 0.05) is 17.7 Å². The zero-order valence-corrected chi connectivity index (χ0v) is 10.7. The molecule has 1 heterocycles. The third kappa shape index (κ3) is 2.24. The van der Waals surface area contributed by atoms with Gasteiger partial charge in [0.2, 0.25) is 5.95 Å². The molecule has 96 valence electrons. The maximum atomic E-state index is 11.1. The van der Waals surface area contributed by atoms with Gasteiger partial charge in [0.25, 0.3) is 9.05 Å². The van der Waals surface area contributed by atoms with E-state index in [1.165, 1.54) is 25.2 Å². The second kappa shape index (κ2) is 4.14. The van der Waals surface area contributed by atoms with E-state index in [1.807, 2.05) is 0 Å². The summed E-state index contributed by atoms with van der Waals surface area (Å²) in [6.45, 7) is 0. The number of nitrogens with one attached hydrogen (secondary N) is 1. The Balaban J connectivity index is 2.56. The summed E-state index contributed by atoms with van der Waals surface area (Å²) >= 11 is 0. The van der Waals surface area contributed by atoms with E-state index in [0.29, 0.717) is 11.0 Å². The number of carboxylic acid groups (broad SMARTS) is 1. The standard InChI is InChI=1S/C9H8ClN3O4S/c1-13(9(14)15)8-11-6-3-2-5(18(10,16)17)4-7(6)12-8/h2-4H,1H3,(H,11,12)(H,14,15). The summed E-state index contributed by atoms with van der Waals surface area (Å²) in [5.74, 6) is 0.0987. The highest BCUT2D eigenvalue weighted by Crippen LogP contribution is 2.22. The average Bonchev–Trinajstić information content (AvgIpc) is 2.68. The van der Waals surface area contributed by atoms with E-state index >= 15 is 0 Å². The molecule has 0 spiro atoms. The number of nitrogens with zero attached hydrogens (tertiary/aromatic N) is 2. The van der Waals surface area contributed by atoms with E-state index in [0.717, 1.165) is 4.90 Å². The molecule has 0 unspecified atom stereocenters. The minimum absolute atomic E-state index is 0.0901. The van der Waals surface area contributed by atoms with E-state index in [4.69, 9.17) is 15.8 Å². The van der Waals surface area contributed by atoms with Crippen molar-refractivity contribution in [2.45, 2.75) is 4.90 Å². The van der Waals surface area contributed by atoms with Crippen molar-refractivity contribution in [2.75, 3.05) is 11.9 Å². The monoisotopic (exact) mass is 289 g/mol. The summed E-state index contributed by atoms with van der Waals surface area (Å²) < 4.78 is 22.3. The Hall–Kier alpha value is -1.80. The lowest BCUT2D eigenvalue weighted by molar-refractivity contribution is 0.203. The molecule has 0 atom stereocenters. The molecule has 0 fully saturated rings. The molecule has 0 radical (unpaired) electrons. The van der Waals surface area contributed by atoms with Gasteiger partial charge in [-0.1, -0.05) is 0 Å². The zero-order chi connectivity index (χ0) is 13.5. The van der Waals surface area contributed by atoms with Crippen LogP contribution in [0.5, 0.6) is 0 Å². The smallest absolute Gasteiger partial charge is 0.413 e. The molecular formula is C9H8ClN3O4S. The van der Waals surface area contributed by atoms with Crippen LogP contribution in [0.4, 0.5) is 10.7 Å². The summed E-state index contributed by atoms with van der Waals surface area (Å²) in [7, 11) is 2.69. The molecule has 1 aromatic heterocycles. The van der Waals surface area contributed by atoms with Gasteiger partial charge in [0.05, 0.1) is 15.9 Å². The van der Waals surface area contributed by atoms with Gasteiger partial charge in [-0.3, -0.25) is 4.90 Å². The van der Waals surface area contributed by atoms with Crippen molar-refractivity contribution in [1.82, 2.24) is 9.97 Å². The molecule has 7 nitrogen and oxygen atoms in total. The molecule has 2 N–H and O–H groups in total. The Morgan fingerprint density at radius 1 is 1.50 bits per heavy atom. The number of anilines is 1. The quantitative estimate of drug-likeness (QED) is 0.817. The lowest BCUT2D eigenvalue weighted by Crippen LogP contribution is -2.24. The van der Waals surface area contributed by atoms with Crippen LogP contribution >= 0.6 is 10.7 Å². The largest absolute Gasteiger partial charge is 0.465 e. The van der Waals surface area contributed by atoms with Crippen LogP contribution < -0.4 is 4.90 Å². The Kier molecular flexibility index (Phi) is 2.91. The molecule has 18 heavy (non-hydrogen) atoms. The first-order valence-electron chi connectivity index (χ1n) is 4.70. The zero-order valence-electron chi connectivity index (χ0n) is 9.08. The fourth-order valence-electron chi connectivity index (χ4n) is 1.37. The van der Waals surface area contributed by atoms with Crippen LogP contribution in [-0.2, 0) is 9.05 Å². The third-order valence-corrected chi connectivity index (χ3v) is 3.68. The maximum absolute atomic E-state index is 11.1. The number of halogens is 1. The first-order chi connectivity index (χ1) is 8.29. The first-order valence-corrected chi connectivity index (χ1v) is 7.01. The Labute approximate surface area is 106 Å². The maximum Gasteiger partial charge on any atom is 0.413 e. The predicted molar refractivity (Wildman–Crippen MR) is 65.6 cm³/mol. The number of aromatic nitrogens is 2. The fraction of sp³-hybridized carbons (Fsp3) is 0.111. The van der Waals surface area contributed by atoms with Crippen LogP contribution in [0, 0.1) is 0 Å². The Morgan fingerprint density at radius 3 is 2.72 bits per heavy atom. The van der Waals surface area contributed by atoms with Gasteiger partial charge in [0.15, 0.2) is 0 Å². The fourth-order valence-corrected chi connectivity index (χ4v) is 2.14. The van der Waals surface area contributed by atoms with E-state index in [1.54, 1.807) is 0 Å². The number of rotatable bonds is 2. The molecule has 1 aromatic carbocycles. The SMILES string of the molecule is CN(C(=O)O)c1nc2cc(S(=O)(=O)Cl)ccc2[nH]1. The Morgan fingerprint density at radius 2 is 2.17 bits per heavy atom. The highest BCUT2D eigenvalue weighted by molar-refractivity contribution is 8.13. The number of imidazole rings is 1. The molecule has 0 bridgehead atoms. The number of hydrogen-bond acceptors (Lipinski definition) is 4. The molecule has 0 aliphatic rings. The highest BCUT2D eigenvalue weighted by Gasteiger charge is 2.15. The first kappa shape index (κ1) is 12.7. The van der Waals surface area contributed by atoms with Gasteiger partial charge in [-0.15, -0.1) is 0 Å². The second-order valence-electron chi connectivity index (χ2n) is 3.52. The molecular weight excluding hydrogens is 282 g/mol. The van der Waals surface area contributed by atoms with Crippen molar-refractivity contribution in [2.24, 2.45) is 0 Å². The third-order valence-electron chi connectivity index (χ3n) is 2.33. The number of aromatic amines is 1. The number of amides is 1. The van der Waals surface area contributed by atoms with E-state index in [-0.39, 0.29) is 10.8 Å². The summed E-state index contributed by atoms with van der Waals surface area (Å²) in [5.41, 5.74) is 0.835. The summed E-state index contributed by atoms with van der Waals surface area (Å²) in [6.07, 6.45) is -1.18. The van der Waals surface area contributed by atoms with Crippen LogP contribution in [0.3, 0.4) is 0 Å². The van der Waals surface area contributed by atoms with Crippen molar-refractivity contribution in [3.8, 4) is 0 Å². The van der Waals surface area contributed by atoms with Gasteiger partial charge in [-0.2, -0.15) is 0 Å². The van der Waals surface area contributed by atoms with E-state index in [2.05, 4.69) is 9.97 Å². The van der Waals surface area contributed by atoms with Crippen LogP contribution in [0.1, 0.15) is 0 Å². The number of H-pyrrole nitrogens is 1. The molecule has 0 aliphatic carbocycles. The number of carbonyl (C=O) groups is 1. The van der Waals surface area contributed by atoms with Crippen molar-refractivity contribution in [3.05, 3.63) is 18.2 Å². The molecule has 2 rings (SSSR count). The lowest BCUT2D eigenvalue weighted by atomic mass is 10.3. The lowest BCUT2D eigenvalue weighted by Gasteiger charge is -2.07. The topological polar surface area (TPSA) is 103 Å². The summed E-state index contributed by atoms with van der Waals surface area (Å²) in [4.78, 5) is 18.3. The molecule has 0 aliphatic heterocycles. The average molecular weight is 290 g/mol. The molecule has 0 saturated heterocycles. The van der Waals surface area contributed by atoms with Crippen LogP contribution in [-0.4, -0.2) is 36.6 Å². The Bertz CT molecular complexity index is 724. The normalized spacial score (nSPS) is 11.7. The van der Waals surface area contributed by atoms with Gasteiger partial charge in [0.1, 0.15) is 0 Å². The molecule has 9 heteroatoms. The van der Waals surface area contributed by atoms with E-state index < -0.39 is 15.1 Å². The van der Waals surface area contributed by atoms with Crippen LogP contribution in [0.25, 0.3) is 11.0 Å². The van der Waals surface area contributed by atoms with Gasteiger partial charge < -0.3 is 10.1 Å². The summed E-state index contributed by atoms with van der Waals surface area (Å²) in [6, 6.07) is 4.05. The molecule has 0 saturated carbocycles. The summed E-state index contributed by atoms with van der Waals surface area (Å²) in [5, 5.41) is 8.79. The second-order valence-corrected chi connectivity index (χ2v) is 6.08. The number of benzene rings is 1. The number of hydrogen-bond donors (Lipinski definition) is 2. The minimum Gasteiger partial charge on any atom is -0.465 e. The van der Waals surface area contributed by atoms with Crippen molar-refractivity contribution >= 4 is 42.8 Å². The van der Waals surface area contributed by atoms with Gasteiger partial charge in [-0.05, 0) is 18.2 Å². The number of fused-ring (bicyclic) bond motifs is 1. The van der Waals surface area contributed by atoms with Crippen molar-refractivity contribution in [3.63, 3.8) is 0 Å². The van der Waals surface area contributed by atoms with E-state index in [9.17, 15) is 13.2 Å². The van der Waals surface area contributed by atoms with Gasteiger partial charge >= 0.3 is 6.09 Å². The highest BCUT2D eigenvalue weighted by atomic mass is 35.7. The van der Waals surface area contributed by atoms with Crippen LogP contribution in [0.2, 0.25) is 0 Å². The molecule has 1 amide bonds. The predicted octanol–water partition coefficient (Wildman–Crippen LogP) is 1.60. The molecule has 2 aromatic rings. The van der Waals surface area contributed by atoms with Gasteiger partial charge in [-0.25, -0.2) is 18.2 Å². The van der Waals surface area contributed by atoms with Crippen molar-refractivity contribution < 1.29 is 18.3 Å². The minimum atomic E-state index is -3.83. The van der Waals surface area contributed by atoms with Crippen LogP contribution in [0.15, 0.2) is 23.1 Å². The van der Waals surface area contributed by atoms with Crippen molar-refractivity contribution in [1.29, 1.82) is 0 Å².